The van der Waals surface area contributed by atoms with Gasteiger partial charge in [0.05, 0.1) is 22.8 Å². The molecular weight excluding hydrogens is 287 g/mol. The molecule has 0 spiro atoms. The van der Waals surface area contributed by atoms with Crippen molar-refractivity contribution in [2.45, 2.75) is 19.9 Å². The van der Waals surface area contributed by atoms with E-state index < -0.39 is 17.5 Å². The van der Waals surface area contributed by atoms with Crippen LogP contribution >= 0.6 is 11.6 Å². The minimum absolute atomic E-state index is 0.0827. The third-order valence-electron chi connectivity index (χ3n) is 2.67. The third-order valence-corrected chi connectivity index (χ3v) is 2.95. The number of nitrogens with one attached hydrogen (secondary N) is 1. The fourth-order valence-corrected chi connectivity index (χ4v) is 1.81. The number of halogens is 2. The van der Waals surface area contributed by atoms with Crippen LogP contribution in [0.4, 0.5) is 4.39 Å². The van der Waals surface area contributed by atoms with Gasteiger partial charge in [0.2, 0.25) is 0 Å². The lowest BCUT2D eigenvalue weighted by Gasteiger charge is -2.06. The van der Waals surface area contributed by atoms with Crippen LogP contribution < -0.4 is 5.32 Å². The molecule has 1 aromatic heterocycles. The van der Waals surface area contributed by atoms with Crippen LogP contribution in [0.15, 0.2) is 22.7 Å². The molecule has 0 unspecified atom stereocenters. The molecule has 1 heterocycles. The molecule has 2 N–H and O–H groups in total. The van der Waals surface area contributed by atoms with Crippen molar-refractivity contribution in [2.75, 3.05) is 0 Å². The highest BCUT2D eigenvalue weighted by atomic mass is 35.5. The molecule has 0 aliphatic carbocycles. The van der Waals surface area contributed by atoms with Crippen LogP contribution in [0.5, 0.6) is 5.75 Å². The minimum atomic E-state index is -0.703. The summed E-state index contributed by atoms with van der Waals surface area (Å²) in [5.74, 6) is -1.35. The third kappa shape index (κ3) is 3.08. The van der Waals surface area contributed by atoms with Crippen molar-refractivity contribution < 1.29 is 18.8 Å². The molecule has 0 bridgehead atoms. The Bertz CT molecular complexity index is 643. The summed E-state index contributed by atoms with van der Waals surface area (Å²) < 4.78 is 18.2. The number of amides is 1. The second kappa shape index (κ2) is 5.92. The first-order valence-corrected chi connectivity index (χ1v) is 6.29. The summed E-state index contributed by atoms with van der Waals surface area (Å²) in [6.07, 6.45) is 0.720. The maximum atomic E-state index is 13.2. The van der Waals surface area contributed by atoms with Gasteiger partial charge in [-0.2, -0.15) is 0 Å². The van der Waals surface area contributed by atoms with Gasteiger partial charge < -0.3 is 14.9 Å². The molecule has 2 aromatic rings. The predicted molar refractivity (Wildman–Crippen MR) is 70.1 cm³/mol. The Morgan fingerprint density at radius 1 is 1.50 bits per heavy atom. The summed E-state index contributed by atoms with van der Waals surface area (Å²) in [7, 11) is 0. The van der Waals surface area contributed by atoms with Crippen molar-refractivity contribution in [3.05, 3.63) is 46.1 Å². The van der Waals surface area contributed by atoms with E-state index in [-0.39, 0.29) is 17.1 Å². The van der Waals surface area contributed by atoms with Crippen molar-refractivity contribution in [3.63, 3.8) is 0 Å². The lowest BCUT2D eigenvalue weighted by atomic mass is 10.2. The van der Waals surface area contributed by atoms with Crippen LogP contribution in [-0.2, 0) is 13.0 Å². The van der Waals surface area contributed by atoms with Gasteiger partial charge in [-0.3, -0.25) is 4.79 Å². The molecule has 0 saturated heterocycles. The smallest absolute Gasteiger partial charge is 0.255 e. The Hall–Kier alpha value is -2.08. The first kappa shape index (κ1) is 14.3. The molecule has 5 nitrogen and oxygen atoms in total. The van der Waals surface area contributed by atoms with E-state index in [2.05, 4.69) is 10.5 Å². The topological polar surface area (TPSA) is 75.4 Å². The molecular formula is C13H12ClFN2O3. The lowest BCUT2D eigenvalue weighted by Crippen LogP contribution is -2.22. The highest BCUT2D eigenvalue weighted by Gasteiger charge is 2.16. The zero-order chi connectivity index (χ0) is 14.7. The number of carbonyl (C=O) groups is 1. The van der Waals surface area contributed by atoms with Crippen LogP contribution in [-0.4, -0.2) is 16.2 Å². The number of aryl methyl sites for hydroxylation is 1. The molecule has 0 saturated carbocycles. The summed E-state index contributed by atoms with van der Waals surface area (Å²) >= 11 is 5.60. The van der Waals surface area contributed by atoms with Crippen molar-refractivity contribution in [3.8, 4) is 5.75 Å². The highest BCUT2D eigenvalue weighted by molar-refractivity contribution is 6.32. The number of hydrogen-bond donors (Lipinski definition) is 2. The van der Waals surface area contributed by atoms with Crippen LogP contribution in [0.3, 0.4) is 0 Å². The molecule has 106 valence electrons. The SMILES string of the molecule is CCc1cc(CNC(=O)c2cc(F)cc(Cl)c2O)on1. The van der Waals surface area contributed by atoms with E-state index in [0.29, 0.717) is 5.76 Å². The Kier molecular flexibility index (Phi) is 4.24. The molecule has 20 heavy (non-hydrogen) atoms. The zero-order valence-corrected chi connectivity index (χ0v) is 11.4. The molecule has 0 fully saturated rings. The van der Waals surface area contributed by atoms with Gasteiger partial charge in [-0.05, 0) is 18.6 Å². The molecule has 0 aliphatic heterocycles. The van der Waals surface area contributed by atoms with E-state index in [1.165, 1.54) is 0 Å². The first-order chi connectivity index (χ1) is 9.51. The van der Waals surface area contributed by atoms with E-state index in [4.69, 9.17) is 16.1 Å². The quantitative estimate of drug-likeness (QED) is 0.910. The van der Waals surface area contributed by atoms with Crippen LogP contribution in [0.25, 0.3) is 0 Å². The monoisotopic (exact) mass is 298 g/mol. The van der Waals surface area contributed by atoms with Crippen LogP contribution in [0, 0.1) is 5.82 Å². The molecule has 0 aliphatic rings. The summed E-state index contributed by atoms with van der Waals surface area (Å²) in [5, 5.41) is 15.7. The first-order valence-electron chi connectivity index (χ1n) is 5.92. The standard InChI is InChI=1S/C13H12ClFN2O3/c1-2-8-5-9(20-17-8)6-16-13(19)10-3-7(15)4-11(14)12(10)18/h3-5,18H,2,6H2,1H3,(H,16,19). The second-order valence-electron chi connectivity index (χ2n) is 4.10. The summed E-state index contributed by atoms with van der Waals surface area (Å²) in [6, 6.07) is 3.55. The zero-order valence-electron chi connectivity index (χ0n) is 10.6. The number of nitrogens with zero attached hydrogens (tertiary/aromatic N) is 1. The van der Waals surface area contributed by atoms with Crippen molar-refractivity contribution in [2.24, 2.45) is 0 Å². The highest BCUT2D eigenvalue weighted by Crippen LogP contribution is 2.28. The summed E-state index contributed by atoms with van der Waals surface area (Å²) in [6.45, 7) is 2.01. The summed E-state index contributed by atoms with van der Waals surface area (Å²) in [5.41, 5.74) is 0.538. The van der Waals surface area contributed by atoms with Crippen molar-refractivity contribution in [1.82, 2.24) is 10.5 Å². The molecule has 0 atom stereocenters. The average Bonchev–Trinajstić information content (AvgIpc) is 2.88. The van der Waals surface area contributed by atoms with E-state index in [0.717, 1.165) is 24.2 Å². The van der Waals surface area contributed by atoms with Gasteiger partial charge in [-0.1, -0.05) is 23.7 Å². The van der Waals surface area contributed by atoms with E-state index in [9.17, 15) is 14.3 Å². The number of benzene rings is 1. The normalized spacial score (nSPS) is 10.6. The predicted octanol–water partition coefficient (Wildman–Crippen LogP) is 2.67. The lowest BCUT2D eigenvalue weighted by molar-refractivity contribution is 0.0944. The average molecular weight is 299 g/mol. The van der Waals surface area contributed by atoms with E-state index >= 15 is 0 Å². The Balaban J connectivity index is 2.09. The second-order valence-corrected chi connectivity index (χ2v) is 4.51. The van der Waals surface area contributed by atoms with E-state index in [1.54, 1.807) is 6.07 Å². The molecule has 7 heteroatoms. The molecule has 0 radical (unpaired) electrons. The van der Waals surface area contributed by atoms with E-state index in [1.807, 2.05) is 6.92 Å². The fourth-order valence-electron chi connectivity index (χ4n) is 1.61. The molecule has 1 aromatic carbocycles. The number of phenolic OH excluding ortho intramolecular Hbond substituents is 1. The number of carbonyl (C=O) groups excluding carboxylic acids is 1. The van der Waals surface area contributed by atoms with Crippen LogP contribution in [0.2, 0.25) is 5.02 Å². The maximum Gasteiger partial charge on any atom is 0.255 e. The van der Waals surface area contributed by atoms with Crippen molar-refractivity contribution >= 4 is 17.5 Å². The summed E-state index contributed by atoms with van der Waals surface area (Å²) in [4.78, 5) is 11.9. The number of hydrogen-bond acceptors (Lipinski definition) is 4. The van der Waals surface area contributed by atoms with Gasteiger partial charge in [0.25, 0.3) is 5.91 Å². The largest absolute Gasteiger partial charge is 0.506 e. The van der Waals surface area contributed by atoms with Gasteiger partial charge in [-0.15, -0.1) is 0 Å². The number of aromatic nitrogens is 1. The molecule has 2 rings (SSSR count). The van der Waals surface area contributed by atoms with Gasteiger partial charge in [0.1, 0.15) is 11.6 Å². The Labute approximate surface area is 119 Å². The van der Waals surface area contributed by atoms with Crippen LogP contribution in [0.1, 0.15) is 28.7 Å². The fraction of sp³-hybridized carbons (Fsp3) is 0.231. The van der Waals surface area contributed by atoms with Gasteiger partial charge >= 0.3 is 0 Å². The Morgan fingerprint density at radius 2 is 2.25 bits per heavy atom. The van der Waals surface area contributed by atoms with Gasteiger partial charge in [0, 0.05) is 6.07 Å². The van der Waals surface area contributed by atoms with Gasteiger partial charge in [0.15, 0.2) is 5.76 Å². The number of rotatable bonds is 4. The number of aromatic hydroxyl groups is 1. The molecule has 1 amide bonds. The van der Waals surface area contributed by atoms with Gasteiger partial charge in [-0.25, -0.2) is 4.39 Å². The minimum Gasteiger partial charge on any atom is -0.506 e. The maximum absolute atomic E-state index is 13.2. The van der Waals surface area contributed by atoms with Crippen molar-refractivity contribution in [1.29, 1.82) is 0 Å². The Morgan fingerprint density at radius 3 is 2.90 bits per heavy atom. The number of phenols is 1.